The lowest BCUT2D eigenvalue weighted by molar-refractivity contribution is 0.563. The van der Waals surface area contributed by atoms with Gasteiger partial charge in [0.2, 0.25) is 0 Å². The summed E-state index contributed by atoms with van der Waals surface area (Å²) >= 11 is 0. The molecule has 2 aliphatic carbocycles. The summed E-state index contributed by atoms with van der Waals surface area (Å²) < 4.78 is 0. The molecule has 1 heterocycles. The Labute approximate surface area is 409 Å². The van der Waals surface area contributed by atoms with Crippen molar-refractivity contribution in [3.8, 4) is 89.8 Å². The van der Waals surface area contributed by atoms with Gasteiger partial charge in [0.1, 0.15) is 0 Å². The highest BCUT2D eigenvalue weighted by atomic mass is 15.0. The molecular formula is C67H47N3. The first kappa shape index (κ1) is 41.4. The molecule has 330 valence electrons. The van der Waals surface area contributed by atoms with Crippen molar-refractivity contribution in [1.29, 1.82) is 0 Å². The smallest absolute Gasteiger partial charge is 0.164 e. The first-order valence-corrected chi connectivity index (χ1v) is 24.2. The number of rotatable bonds is 7. The summed E-state index contributed by atoms with van der Waals surface area (Å²) in [5.41, 5.74) is 21.5. The summed E-state index contributed by atoms with van der Waals surface area (Å²) in [7, 11) is 0. The predicted molar refractivity (Wildman–Crippen MR) is 287 cm³/mol. The lowest BCUT2D eigenvalue weighted by atomic mass is 9.55. The molecule has 70 heavy (non-hydrogen) atoms. The average molecular weight is 894 g/mol. The van der Waals surface area contributed by atoms with Gasteiger partial charge >= 0.3 is 0 Å². The highest BCUT2D eigenvalue weighted by molar-refractivity contribution is 5.97. The van der Waals surface area contributed by atoms with E-state index in [9.17, 15) is 0 Å². The van der Waals surface area contributed by atoms with E-state index < -0.39 is 5.41 Å². The van der Waals surface area contributed by atoms with Crippen LogP contribution < -0.4 is 0 Å². The maximum absolute atomic E-state index is 5.43. The molecule has 0 bridgehead atoms. The highest BCUT2D eigenvalue weighted by Gasteiger charge is 2.54. The molecule has 3 heteroatoms. The topological polar surface area (TPSA) is 38.7 Å². The van der Waals surface area contributed by atoms with Gasteiger partial charge in [0.25, 0.3) is 0 Å². The van der Waals surface area contributed by atoms with Crippen molar-refractivity contribution in [1.82, 2.24) is 15.0 Å². The fourth-order valence-electron chi connectivity index (χ4n) is 11.5. The second kappa shape index (κ2) is 16.5. The lowest BCUT2D eigenvalue weighted by Crippen LogP contribution is -2.40. The molecular weight excluding hydrogens is 847 g/mol. The minimum Gasteiger partial charge on any atom is -0.208 e. The number of nitrogens with zero attached hydrogens (tertiary/aromatic N) is 3. The SMILES string of the molecule is CC1(C)c2ccccc2C2(c3ccc(-c4cccc(-c5ccc(-c6ccccc6)cc5)c4)cc3-c3c(-c4nc(-c5ccccc5)nc(-c5ccc(-c6ccccc6)cc5)n4)cccc32)c2ccccc21. The van der Waals surface area contributed by atoms with Crippen molar-refractivity contribution >= 4 is 0 Å². The third kappa shape index (κ3) is 6.61. The Kier molecular flexibility index (Phi) is 9.74. The van der Waals surface area contributed by atoms with Gasteiger partial charge < -0.3 is 0 Å². The van der Waals surface area contributed by atoms with Gasteiger partial charge in [-0.1, -0.05) is 250 Å². The van der Waals surface area contributed by atoms with E-state index in [4.69, 9.17) is 15.0 Å². The van der Waals surface area contributed by atoms with Gasteiger partial charge in [-0.3, -0.25) is 0 Å². The molecule has 0 amide bonds. The van der Waals surface area contributed by atoms with Crippen molar-refractivity contribution in [2.75, 3.05) is 0 Å². The molecule has 0 saturated heterocycles. The fraction of sp³-hybridized carbons (Fsp3) is 0.0597. The minimum absolute atomic E-state index is 0.220. The summed E-state index contributed by atoms with van der Waals surface area (Å²) in [6.45, 7) is 4.75. The van der Waals surface area contributed by atoms with E-state index in [0.717, 1.165) is 38.9 Å². The van der Waals surface area contributed by atoms with Crippen LogP contribution in [-0.2, 0) is 10.8 Å². The summed E-state index contributed by atoms with van der Waals surface area (Å²) in [6.07, 6.45) is 0. The zero-order chi connectivity index (χ0) is 46.8. The molecule has 0 atom stereocenters. The third-order valence-electron chi connectivity index (χ3n) is 14.8. The van der Waals surface area contributed by atoms with Gasteiger partial charge in [-0.05, 0) is 101 Å². The molecule has 0 unspecified atom stereocenters. The first-order valence-electron chi connectivity index (χ1n) is 24.2. The van der Waals surface area contributed by atoms with E-state index in [2.05, 4.69) is 238 Å². The van der Waals surface area contributed by atoms with Crippen molar-refractivity contribution in [2.24, 2.45) is 0 Å². The van der Waals surface area contributed by atoms with Crippen molar-refractivity contribution in [2.45, 2.75) is 24.7 Å². The van der Waals surface area contributed by atoms with Gasteiger partial charge in [-0.15, -0.1) is 0 Å². The Morgan fingerprint density at radius 2 is 0.600 bits per heavy atom. The molecule has 13 rings (SSSR count). The summed E-state index contributed by atoms with van der Waals surface area (Å²) in [5.74, 6) is 1.90. The van der Waals surface area contributed by atoms with Crippen LogP contribution in [0, 0.1) is 0 Å². The molecule has 0 radical (unpaired) electrons. The van der Waals surface area contributed by atoms with Gasteiger partial charge in [-0.25, -0.2) is 15.0 Å². The highest BCUT2D eigenvalue weighted by Crippen LogP contribution is 2.63. The molecule has 3 nitrogen and oxygen atoms in total. The Bertz CT molecular complexity index is 3710. The summed E-state index contributed by atoms with van der Waals surface area (Å²) in [4.78, 5) is 16.0. The molecule has 1 spiro atoms. The first-order chi connectivity index (χ1) is 34.4. The maximum atomic E-state index is 5.43. The minimum atomic E-state index is -0.602. The lowest BCUT2D eigenvalue weighted by Gasteiger charge is -2.46. The van der Waals surface area contributed by atoms with Crippen LogP contribution in [0.5, 0.6) is 0 Å². The number of hydrogen-bond donors (Lipinski definition) is 0. The molecule has 2 aliphatic rings. The standard InChI is InChI=1S/C67H47N3/c1-66(2)57-27-12-14-29-59(57)67(60-30-15-13-28-58(60)66)56-41-40-53(52-25-16-24-51(42-52)48-34-32-46(33-35-48)44-18-6-3-7-19-44)43-55(56)62-54(26-17-31-61(62)67)65-69-63(49-22-10-5-11-23-49)68-64(70-65)50-38-36-47(37-39-50)45-20-8-4-9-21-45/h3-43H,1-2H3. The molecule has 0 aliphatic heterocycles. The van der Waals surface area contributed by atoms with E-state index in [1.165, 1.54) is 66.8 Å². The average Bonchev–Trinajstić information content (AvgIpc) is 3.73. The summed E-state index contributed by atoms with van der Waals surface area (Å²) in [5, 5.41) is 0. The Hall–Kier alpha value is -8.79. The second-order valence-electron chi connectivity index (χ2n) is 19.1. The zero-order valence-corrected chi connectivity index (χ0v) is 39.0. The predicted octanol–water partition coefficient (Wildman–Crippen LogP) is 16.5. The van der Waals surface area contributed by atoms with Crippen LogP contribution in [-0.4, -0.2) is 15.0 Å². The van der Waals surface area contributed by atoms with Crippen LogP contribution >= 0.6 is 0 Å². The van der Waals surface area contributed by atoms with Crippen molar-refractivity contribution in [3.05, 3.63) is 282 Å². The normalized spacial score (nSPS) is 13.5. The van der Waals surface area contributed by atoms with E-state index in [0.29, 0.717) is 17.5 Å². The van der Waals surface area contributed by atoms with Crippen molar-refractivity contribution < 1.29 is 0 Å². The van der Waals surface area contributed by atoms with Crippen LogP contribution in [0.1, 0.15) is 47.2 Å². The number of benzene rings is 10. The number of fused-ring (bicyclic) bond motifs is 9. The van der Waals surface area contributed by atoms with Crippen LogP contribution in [0.4, 0.5) is 0 Å². The fourth-order valence-corrected chi connectivity index (χ4v) is 11.5. The second-order valence-corrected chi connectivity index (χ2v) is 19.1. The molecule has 10 aromatic carbocycles. The number of aromatic nitrogens is 3. The number of hydrogen-bond acceptors (Lipinski definition) is 3. The van der Waals surface area contributed by atoms with Crippen molar-refractivity contribution in [3.63, 3.8) is 0 Å². The maximum Gasteiger partial charge on any atom is 0.164 e. The van der Waals surface area contributed by atoms with Gasteiger partial charge in [0, 0.05) is 22.1 Å². The summed E-state index contributed by atoms with van der Waals surface area (Å²) in [6, 6.07) is 90.0. The molecule has 1 aromatic heterocycles. The van der Waals surface area contributed by atoms with Crippen LogP contribution in [0.25, 0.3) is 89.8 Å². The van der Waals surface area contributed by atoms with E-state index in [1.54, 1.807) is 0 Å². The van der Waals surface area contributed by atoms with E-state index >= 15 is 0 Å². The molecule has 0 fully saturated rings. The van der Waals surface area contributed by atoms with Crippen LogP contribution in [0.2, 0.25) is 0 Å². The monoisotopic (exact) mass is 893 g/mol. The van der Waals surface area contributed by atoms with Crippen LogP contribution in [0.3, 0.4) is 0 Å². The molecule has 0 saturated carbocycles. The Balaban J connectivity index is 1.03. The largest absolute Gasteiger partial charge is 0.208 e. The van der Waals surface area contributed by atoms with Gasteiger partial charge in [-0.2, -0.15) is 0 Å². The molecule has 11 aromatic rings. The third-order valence-corrected chi connectivity index (χ3v) is 14.8. The zero-order valence-electron chi connectivity index (χ0n) is 39.0. The molecule has 0 N–H and O–H groups in total. The van der Waals surface area contributed by atoms with Gasteiger partial charge in [0.15, 0.2) is 17.5 Å². The quantitative estimate of drug-likeness (QED) is 0.160. The van der Waals surface area contributed by atoms with Gasteiger partial charge in [0.05, 0.1) is 5.41 Å². The van der Waals surface area contributed by atoms with E-state index in [1.807, 2.05) is 24.3 Å². The van der Waals surface area contributed by atoms with E-state index in [-0.39, 0.29) is 5.41 Å². The van der Waals surface area contributed by atoms with Crippen LogP contribution in [0.15, 0.2) is 249 Å². The Morgan fingerprint density at radius 3 is 1.16 bits per heavy atom. The Morgan fingerprint density at radius 1 is 0.243 bits per heavy atom.